The molecule has 17 heteroatoms. The highest BCUT2D eigenvalue weighted by Gasteiger charge is 2.48. The molecule has 3 heterocycles. The van der Waals surface area contributed by atoms with Gasteiger partial charge in [-0.3, -0.25) is 4.79 Å². The van der Waals surface area contributed by atoms with E-state index in [1.54, 1.807) is 20.8 Å². The van der Waals surface area contributed by atoms with Crippen molar-refractivity contribution in [3.63, 3.8) is 0 Å². The summed E-state index contributed by atoms with van der Waals surface area (Å²) in [6, 6.07) is 0.446. The first-order valence-corrected chi connectivity index (χ1v) is 15.2. The molecule has 1 saturated heterocycles. The predicted octanol–water partition coefficient (Wildman–Crippen LogP) is 4.79. The second-order valence-corrected chi connectivity index (χ2v) is 12.8. The molecule has 2 amide bonds. The smallest absolute Gasteiger partial charge is 0.471 e. The van der Waals surface area contributed by atoms with Crippen LogP contribution in [0, 0.1) is 5.41 Å². The summed E-state index contributed by atoms with van der Waals surface area (Å²) in [5, 5.41) is 2.63. The van der Waals surface area contributed by atoms with Gasteiger partial charge in [0.15, 0.2) is 5.69 Å². The number of alkyl carbamates (subject to hydrolysis) is 1. The van der Waals surface area contributed by atoms with Crippen molar-refractivity contribution in [2.75, 3.05) is 20.3 Å². The van der Waals surface area contributed by atoms with E-state index in [4.69, 9.17) is 18.9 Å². The number of esters is 1. The second-order valence-electron chi connectivity index (χ2n) is 12.8. The number of nitrogens with one attached hydrogen (secondary N) is 1. The summed E-state index contributed by atoms with van der Waals surface area (Å²) in [5.41, 5.74) is -2.33. The average Bonchev–Trinajstić information content (AvgIpc) is 3.62. The Kier molecular flexibility index (Phi) is 9.72. The van der Waals surface area contributed by atoms with Crippen molar-refractivity contribution in [1.82, 2.24) is 20.2 Å². The third kappa shape index (κ3) is 7.88. The van der Waals surface area contributed by atoms with Crippen molar-refractivity contribution in [3.8, 4) is 11.6 Å². The maximum Gasteiger partial charge on any atom is 0.573 e. The fourth-order valence-corrected chi connectivity index (χ4v) is 5.93. The zero-order valence-corrected chi connectivity index (χ0v) is 26.5. The second kappa shape index (κ2) is 13.3. The van der Waals surface area contributed by atoms with Crippen LogP contribution in [0.5, 0.6) is 11.6 Å². The number of fused-ring (bicyclic) bond motifs is 5. The van der Waals surface area contributed by atoms with Crippen LogP contribution in [0.3, 0.4) is 0 Å². The molecule has 0 radical (unpaired) electrons. The van der Waals surface area contributed by atoms with Crippen molar-refractivity contribution >= 4 is 29.0 Å². The number of ether oxygens (including phenoxy) is 5. The largest absolute Gasteiger partial charge is 0.573 e. The number of carbonyl (C=O) groups excluding carboxylic acids is 3. The van der Waals surface area contributed by atoms with Crippen LogP contribution in [-0.4, -0.2) is 89.9 Å². The molecular weight excluding hydrogens is 651 g/mol. The molecule has 12 nitrogen and oxygen atoms in total. The number of alkyl halides is 5. The monoisotopic (exact) mass is 686 g/mol. The van der Waals surface area contributed by atoms with Crippen molar-refractivity contribution in [3.05, 3.63) is 36.0 Å². The van der Waals surface area contributed by atoms with Crippen molar-refractivity contribution in [2.45, 2.75) is 89.1 Å². The Morgan fingerprint density at radius 3 is 2.48 bits per heavy atom. The third-order valence-corrected chi connectivity index (χ3v) is 8.21. The van der Waals surface area contributed by atoms with E-state index in [-0.39, 0.29) is 30.6 Å². The van der Waals surface area contributed by atoms with Gasteiger partial charge in [0, 0.05) is 12.5 Å². The SMILES string of the molecule is COC(=O)[C@@H]1C[C@@H]2CN1C(=O)[C@H](C(C)(C)C)NC(=O)O[C@@H]1CCC[C@H]1OC/C=C/C(F)(F)c1nc3cc(OC(F)(F)F)ccc3nc1O2. The van der Waals surface area contributed by atoms with E-state index >= 15 is 8.78 Å². The molecule has 3 aliphatic rings. The number of halogens is 5. The van der Waals surface area contributed by atoms with Gasteiger partial charge in [0.05, 0.1) is 37.4 Å². The van der Waals surface area contributed by atoms with Gasteiger partial charge >= 0.3 is 24.3 Å². The number of hydrogen-bond acceptors (Lipinski definition) is 10. The van der Waals surface area contributed by atoms with E-state index in [0.29, 0.717) is 25.3 Å². The van der Waals surface area contributed by atoms with E-state index in [1.165, 1.54) is 0 Å². The summed E-state index contributed by atoms with van der Waals surface area (Å²) >= 11 is 0. The summed E-state index contributed by atoms with van der Waals surface area (Å²) in [6.07, 6.45) is -5.46. The number of aromatic nitrogens is 2. The summed E-state index contributed by atoms with van der Waals surface area (Å²) < 4.78 is 96.4. The summed E-state index contributed by atoms with van der Waals surface area (Å²) in [5.74, 6) is -6.73. The molecule has 1 aromatic heterocycles. The van der Waals surface area contributed by atoms with Crippen LogP contribution >= 0.6 is 0 Å². The van der Waals surface area contributed by atoms with Gasteiger partial charge in [-0.15, -0.1) is 13.2 Å². The number of nitrogens with zero attached hydrogens (tertiary/aromatic N) is 3. The molecule has 0 unspecified atom stereocenters. The third-order valence-electron chi connectivity index (χ3n) is 8.21. The molecular formula is C31H35F5N4O8. The molecule has 1 aliphatic carbocycles. The van der Waals surface area contributed by atoms with Gasteiger partial charge in [-0.2, -0.15) is 8.78 Å². The van der Waals surface area contributed by atoms with Gasteiger partial charge in [-0.05, 0) is 42.9 Å². The lowest BCUT2D eigenvalue weighted by molar-refractivity contribution is -0.274. The molecule has 2 aromatic rings. The van der Waals surface area contributed by atoms with E-state index in [2.05, 4.69) is 20.0 Å². The molecule has 48 heavy (non-hydrogen) atoms. The number of rotatable bonds is 2. The maximum absolute atomic E-state index is 15.8. The van der Waals surface area contributed by atoms with Gasteiger partial charge in [-0.25, -0.2) is 19.6 Å². The molecule has 5 atom stereocenters. The highest BCUT2D eigenvalue weighted by atomic mass is 19.4. The first-order valence-electron chi connectivity index (χ1n) is 15.2. The van der Waals surface area contributed by atoms with Gasteiger partial charge in [0.1, 0.15) is 30.0 Å². The number of benzene rings is 1. The van der Waals surface area contributed by atoms with Crippen molar-refractivity contribution < 1.29 is 60.0 Å². The quantitative estimate of drug-likeness (QED) is 0.267. The van der Waals surface area contributed by atoms with Gasteiger partial charge in [0.2, 0.25) is 11.8 Å². The molecule has 262 valence electrons. The summed E-state index contributed by atoms with van der Waals surface area (Å²) in [4.78, 5) is 49.2. The van der Waals surface area contributed by atoms with E-state index < -0.39 is 83.4 Å². The Balaban J connectivity index is 1.58. The Labute approximate surface area is 271 Å². The zero-order chi connectivity index (χ0) is 35.0. The number of amides is 2. The van der Waals surface area contributed by atoms with Crippen LogP contribution < -0.4 is 14.8 Å². The predicted molar refractivity (Wildman–Crippen MR) is 156 cm³/mol. The molecule has 1 N–H and O–H groups in total. The van der Waals surface area contributed by atoms with Crippen LogP contribution in [0.1, 0.15) is 52.1 Å². The average molecular weight is 687 g/mol. The Morgan fingerprint density at radius 2 is 1.79 bits per heavy atom. The molecule has 1 saturated carbocycles. The van der Waals surface area contributed by atoms with Crippen LogP contribution in [0.15, 0.2) is 30.4 Å². The van der Waals surface area contributed by atoms with Gasteiger partial charge in [-0.1, -0.05) is 26.8 Å². The van der Waals surface area contributed by atoms with Crippen LogP contribution in [0.4, 0.5) is 26.7 Å². The maximum atomic E-state index is 15.8. The fraction of sp³-hybridized carbons (Fsp3) is 0.581. The van der Waals surface area contributed by atoms with Crippen LogP contribution in [0.2, 0.25) is 0 Å². The topological polar surface area (TPSA) is 138 Å². The molecule has 1 aromatic carbocycles. The standard InChI is InChI=1S/C31H35F5N4O8/c1-29(2,3)24-26(41)40-15-17(14-20(40)27(42)44-4)46-25-23(37-19-13-16(48-31(34,35)36)9-10-18(19)38-25)30(32,33)11-6-12-45-21-7-5-8-22(21)47-28(43)39-24/h6,9-11,13,17,20-22,24H,5,7-8,12,14-15H2,1-4H3,(H,39,43)/b11-6+/t17-,20+,21-,22-,24-/m1/s1. The first-order chi connectivity index (χ1) is 22.4. The molecule has 2 fully saturated rings. The molecule has 5 rings (SSSR count). The molecule has 0 spiro atoms. The molecule has 2 aliphatic heterocycles. The Bertz CT molecular complexity index is 1580. The van der Waals surface area contributed by atoms with Crippen molar-refractivity contribution in [1.29, 1.82) is 0 Å². The highest BCUT2D eigenvalue weighted by Crippen LogP contribution is 2.38. The Hall–Kier alpha value is -4.28. The van der Waals surface area contributed by atoms with E-state index in [0.717, 1.165) is 36.3 Å². The normalized spacial score (nSPS) is 27.4. The number of allylic oxidation sites excluding steroid dienone is 1. The van der Waals surface area contributed by atoms with Crippen LogP contribution in [0.25, 0.3) is 11.0 Å². The van der Waals surface area contributed by atoms with E-state index in [1.807, 2.05) is 0 Å². The lowest BCUT2D eigenvalue weighted by Gasteiger charge is -2.35. The minimum Gasteiger partial charge on any atom is -0.471 e. The minimum absolute atomic E-state index is 0.0910. The van der Waals surface area contributed by atoms with Gasteiger partial charge in [0.25, 0.3) is 0 Å². The first kappa shape index (κ1) is 35.0. The van der Waals surface area contributed by atoms with Crippen LogP contribution in [-0.2, 0) is 29.7 Å². The summed E-state index contributed by atoms with van der Waals surface area (Å²) in [7, 11) is 1.12. The number of hydrogen-bond donors (Lipinski definition) is 1. The zero-order valence-electron chi connectivity index (χ0n) is 26.5. The molecule has 2 bridgehead atoms. The highest BCUT2D eigenvalue weighted by molar-refractivity contribution is 5.91. The van der Waals surface area contributed by atoms with Gasteiger partial charge < -0.3 is 33.9 Å². The van der Waals surface area contributed by atoms with Crippen molar-refractivity contribution in [2.24, 2.45) is 5.41 Å². The number of carbonyl (C=O) groups is 3. The lowest BCUT2D eigenvalue weighted by atomic mass is 9.85. The Morgan fingerprint density at radius 1 is 1.06 bits per heavy atom. The fourth-order valence-electron chi connectivity index (χ4n) is 5.93. The van der Waals surface area contributed by atoms with E-state index in [9.17, 15) is 27.6 Å². The minimum atomic E-state index is -5.04. The lowest BCUT2D eigenvalue weighted by Crippen LogP contribution is -2.57. The summed E-state index contributed by atoms with van der Waals surface area (Å²) in [6.45, 7) is 4.52. The number of methoxy groups -OCH3 is 1.